The Morgan fingerprint density at radius 1 is 1.00 bits per heavy atom. The van der Waals surface area contributed by atoms with Crippen LogP contribution < -0.4 is 0 Å². The molecule has 3 N–H and O–H groups in total. The lowest BCUT2D eigenvalue weighted by Crippen LogP contribution is -2.13. The molecule has 0 radical (unpaired) electrons. The molecule has 8 nitrogen and oxygen atoms in total. The summed E-state index contributed by atoms with van der Waals surface area (Å²) in [7, 11) is 0. The standard InChI is InChI=1S/C16H16O8/c1-3-4-12(8(2)13(17)18)24-16(23)9-5-6-10(14(19)20)11(7-9)15(21)22/h5-7H,3-4H2,1-2H3,(H,17,18)(H,19,20)(H,21,22)/b12-8+. The van der Waals surface area contributed by atoms with Crippen molar-refractivity contribution in [2.45, 2.75) is 26.7 Å². The number of carboxylic acid groups (broad SMARTS) is 3. The quantitative estimate of drug-likeness (QED) is 0.392. The van der Waals surface area contributed by atoms with Crippen LogP contribution in [-0.2, 0) is 9.53 Å². The van der Waals surface area contributed by atoms with Gasteiger partial charge >= 0.3 is 23.9 Å². The molecule has 128 valence electrons. The fourth-order valence-corrected chi connectivity index (χ4v) is 1.87. The Kier molecular flexibility index (Phi) is 6.22. The van der Waals surface area contributed by atoms with Gasteiger partial charge < -0.3 is 20.1 Å². The number of hydrogen-bond acceptors (Lipinski definition) is 5. The van der Waals surface area contributed by atoms with Gasteiger partial charge in [0.1, 0.15) is 5.76 Å². The highest BCUT2D eigenvalue weighted by atomic mass is 16.5. The van der Waals surface area contributed by atoms with Gasteiger partial charge in [-0.1, -0.05) is 6.92 Å². The molecule has 0 saturated heterocycles. The van der Waals surface area contributed by atoms with Gasteiger partial charge in [0, 0.05) is 6.42 Å². The second-order valence-corrected chi connectivity index (χ2v) is 4.86. The third-order valence-corrected chi connectivity index (χ3v) is 3.15. The van der Waals surface area contributed by atoms with Crippen molar-refractivity contribution in [2.75, 3.05) is 0 Å². The summed E-state index contributed by atoms with van der Waals surface area (Å²) in [6, 6.07) is 2.97. The van der Waals surface area contributed by atoms with E-state index in [-0.39, 0.29) is 23.3 Å². The van der Waals surface area contributed by atoms with Gasteiger partial charge in [0.15, 0.2) is 0 Å². The molecule has 0 fully saturated rings. The van der Waals surface area contributed by atoms with Crippen LogP contribution in [0.3, 0.4) is 0 Å². The van der Waals surface area contributed by atoms with Gasteiger partial charge in [-0.15, -0.1) is 0 Å². The SMILES string of the molecule is CCC/C(OC(=O)c1ccc(C(=O)O)c(C(=O)O)c1)=C(/C)C(=O)O. The van der Waals surface area contributed by atoms with Crippen LogP contribution in [0.5, 0.6) is 0 Å². The molecule has 1 rings (SSSR count). The molecule has 0 aliphatic carbocycles. The second kappa shape index (κ2) is 7.91. The first kappa shape index (κ1) is 18.9. The maximum absolute atomic E-state index is 12.1. The monoisotopic (exact) mass is 336 g/mol. The number of aromatic carboxylic acids is 2. The van der Waals surface area contributed by atoms with Crippen molar-refractivity contribution >= 4 is 23.9 Å². The van der Waals surface area contributed by atoms with E-state index < -0.39 is 35.0 Å². The van der Waals surface area contributed by atoms with Gasteiger partial charge in [-0.05, 0) is 31.5 Å². The predicted molar refractivity (Wildman–Crippen MR) is 81.0 cm³/mol. The summed E-state index contributed by atoms with van der Waals surface area (Å²) in [5, 5.41) is 27.0. The Balaban J connectivity index is 3.22. The van der Waals surface area contributed by atoms with E-state index >= 15 is 0 Å². The minimum absolute atomic E-state index is 0.0332. The van der Waals surface area contributed by atoms with Crippen LogP contribution in [0.2, 0.25) is 0 Å². The van der Waals surface area contributed by atoms with E-state index in [1.54, 1.807) is 6.92 Å². The van der Waals surface area contributed by atoms with E-state index in [4.69, 9.17) is 20.1 Å². The Labute approximate surface area is 137 Å². The van der Waals surface area contributed by atoms with Crippen molar-refractivity contribution in [2.24, 2.45) is 0 Å². The van der Waals surface area contributed by atoms with Crippen LogP contribution in [0.25, 0.3) is 0 Å². The number of aliphatic carboxylic acids is 1. The summed E-state index contributed by atoms with van der Waals surface area (Å²) < 4.78 is 5.05. The summed E-state index contributed by atoms with van der Waals surface area (Å²) in [6.07, 6.45) is 0.744. The van der Waals surface area contributed by atoms with E-state index in [1.165, 1.54) is 6.92 Å². The minimum Gasteiger partial charge on any atom is -0.478 e. The van der Waals surface area contributed by atoms with Gasteiger partial charge in [-0.25, -0.2) is 19.2 Å². The van der Waals surface area contributed by atoms with Gasteiger partial charge in [0.05, 0.1) is 22.3 Å². The zero-order valence-corrected chi connectivity index (χ0v) is 13.0. The van der Waals surface area contributed by atoms with Gasteiger partial charge in [0.2, 0.25) is 0 Å². The van der Waals surface area contributed by atoms with Crippen molar-refractivity contribution in [1.82, 2.24) is 0 Å². The molecule has 0 heterocycles. The average Bonchev–Trinajstić information content (AvgIpc) is 2.52. The molecule has 0 spiro atoms. The molecule has 0 unspecified atom stereocenters. The van der Waals surface area contributed by atoms with Crippen LogP contribution >= 0.6 is 0 Å². The molecule has 8 heteroatoms. The molecule has 0 aliphatic rings. The lowest BCUT2D eigenvalue weighted by molar-refractivity contribution is -0.132. The topological polar surface area (TPSA) is 138 Å². The fraction of sp³-hybridized carbons (Fsp3) is 0.250. The molecule has 1 aromatic rings. The summed E-state index contributed by atoms with van der Waals surface area (Å²) >= 11 is 0. The highest BCUT2D eigenvalue weighted by Gasteiger charge is 2.21. The fourth-order valence-electron chi connectivity index (χ4n) is 1.87. The Morgan fingerprint density at radius 3 is 2.04 bits per heavy atom. The molecule has 24 heavy (non-hydrogen) atoms. The first-order valence-electron chi connectivity index (χ1n) is 6.94. The van der Waals surface area contributed by atoms with Crippen LogP contribution in [0.4, 0.5) is 0 Å². The van der Waals surface area contributed by atoms with Crippen LogP contribution in [0.1, 0.15) is 57.8 Å². The summed E-state index contributed by atoms with van der Waals surface area (Å²) in [5.41, 5.74) is -1.35. The average molecular weight is 336 g/mol. The number of carbonyl (C=O) groups excluding carboxylic acids is 1. The number of hydrogen-bond donors (Lipinski definition) is 3. The summed E-state index contributed by atoms with van der Waals surface area (Å²) in [6.45, 7) is 3.06. The molecule has 1 aromatic carbocycles. The van der Waals surface area contributed by atoms with Crippen LogP contribution in [0.15, 0.2) is 29.5 Å². The van der Waals surface area contributed by atoms with Crippen molar-refractivity contribution in [3.8, 4) is 0 Å². The molecule has 0 aliphatic heterocycles. The van der Waals surface area contributed by atoms with E-state index in [0.29, 0.717) is 6.42 Å². The van der Waals surface area contributed by atoms with Crippen molar-refractivity contribution in [3.05, 3.63) is 46.2 Å². The number of rotatable bonds is 7. The molecule has 0 bridgehead atoms. The number of carboxylic acids is 3. The Bertz CT molecular complexity index is 730. The number of esters is 1. The highest BCUT2D eigenvalue weighted by molar-refractivity contribution is 6.04. The van der Waals surface area contributed by atoms with Gasteiger partial charge in [0.25, 0.3) is 0 Å². The smallest absolute Gasteiger partial charge is 0.343 e. The molecule has 0 amide bonds. The lowest BCUT2D eigenvalue weighted by Gasteiger charge is -2.11. The number of carbonyl (C=O) groups is 4. The Morgan fingerprint density at radius 2 is 1.58 bits per heavy atom. The molecule has 0 atom stereocenters. The maximum Gasteiger partial charge on any atom is 0.343 e. The first-order valence-corrected chi connectivity index (χ1v) is 6.94. The summed E-state index contributed by atoms with van der Waals surface area (Å²) in [5.74, 6) is -5.18. The zero-order valence-electron chi connectivity index (χ0n) is 13.0. The number of ether oxygens (including phenoxy) is 1. The third kappa shape index (κ3) is 4.42. The van der Waals surface area contributed by atoms with E-state index in [1.807, 2.05) is 0 Å². The van der Waals surface area contributed by atoms with E-state index in [2.05, 4.69) is 0 Å². The van der Waals surface area contributed by atoms with Crippen molar-refractivity contribution < 1.29 is 39.2 Å². The predicted octanol–water partition coefficient (Wildman–Crippen LogP) is 2.40. The van der Waals surface area contributed by atoms with Crippen LogP contribution in [0, 0.1) is 0 Å². The number of allylic oxidation sites excluding steroid dienone is 1. The van der Waals surface area contributed by atoms with Gasteiger partial charge in [-0.2, -0.15) is 0 Å². The molecular weight excluding hydrogens is 320 g/mol. The Hall–Kier alpha value is -3.16. The number of benzene rings is 1. The van der Waals surface area contributed by atoms with Crippen LogP contribution in [-0.4, -0.2) is 39.2 Å². The maximum atomic E-state index is 12.1. The van der Waals surface area contributed by atoms with Crippen molar-refractivity contribution in [3.63, 3.8) is 0 Å². The minimum atomic E-state index is -1.51. The first-order chi connectivity index (χ1) is 11.2. The van der Waals surface area contributed by atoms with Gasteiger partial charge in [-0.3, -0.25) is 0 Å². The summed E-state index contributed by atoms with van der Waals surface area (Å²) in [4.78, 5) is 45.2. The molecule has 0 saturated carbocycles. The normalized spacial score (nSPS) is 11.4. The zero-order chi connectivity index (χ0) is 18.4. The van der Waals surface area contributed by atoms with E-state index in [0.717, 1.165) is 18.2 Å². The third-order valence-electron chi connectivity index (χ3n) is 3.15. The molecular formula is C16H16O8. The molecule has 0 aromatic heterocycles. The van der Waals surface area contributed by atoms with E-state index in [9.17, 15) is 19.2 Å². The van der Waals surface area contributed by atoms with Crippen molar-refractivity contribution in [1.29, 1.82) is 0 Å². The lowest BCUT2D eigenvalue weighted by atomic mass is 10.0. The highest BCUT2D eigenvalue weighted by Crippen LogP contribution is 2.18. The second-order valence-electron chi connectivity index (χ2n) is 4.86. The largest absolute Gasteiger partial charge is 0.478 e.